The van der Waals surface area contributed by atoms with E-state index >= 15 is 0 Å². The standard InChI is InChI=1S/C11H15N3O3/c1-7-8(6-14(2)13-7)5-12-9(15)11(3-4-11)10(16)17/h6H,3-5H2,1-2H3,(H,12,15)(H,16,17). The molecule has 92 valence electrons. The van der Waals surface area contributed by atoms with Crippen LogP contribution in [-0.2, 0) is 23.2 Å². The van der Waals surface area contributed by atoms with Gasteiger partial charge in [-0.15, -0.1) is 0 Å². The van der Waals surface area contributed by atoms with Gasteiger partial charge in [-0.05, 0) is 19.8 Å². The molecule has 1 aromatic heterocycles. The number of carboxylic acids is 1. The second-order valence-corrected chi connectivity index (χ2v) is 4.48. The number of hydrogen-bond acceptors (Lipinski definition) is 3. The lowest BCUT2D eigenvalue weighted by Crippen LogP contribution is -2.36. The minimum absolute atomic E-state index is 0.327. The third-order valence-electron chi connectivity index (χ3n) is 3.15. The van der Waals surface area contributed by atoms with Gasteiger partial charge in [0.25, 0.3) is 0 Å². The van der Waals surface area contributed by atoms with Gasteiger partial charge < -0.3 is 10.4 Å². The smallest absolute Gasteiger partial charge is 0.319 e. The first-order chi connectivity index (χ1) is 7.95. The Labute approximate surface area is 98.6 Å². The Bertz CT molecular complexity index is 474. The first kappa shape index (κ1) is 11.6. The van der Waals surface area contributed by atoms with Gasteiger partial charge in [-0.1, -0.05) is 0 Å². The van der Waals surface area contributed by atoms with Crippen LogP contribution in [0.2, 0.25) is 0 Å². The molecule has 1 amide bonds. The molecule has 0 spiro atoms. The summed E-state index contributed by atoms with van der Waals surface area (Å²) in [5.41, 5.74) is 0.575. The van der Waals surface area contributed by atoms with Crippen molar-refractivity contribution in [1.82, 2.24) is 15.1 Å². The van der Waals surface area contributed by atoms with E-state index in [2.05, 4.69) is 10.4 Å². The van der Waals surface area contributed by atoms with Gasteiger partial charge in [-0.25, -0.2) is 0 Å². The molecule has 6 nitrogen and oxygen atoms in total. The van der Waals surface area contributed by atoms with E-state index < -0.39 is 17.3 Å². The summed E-state index contributed by atoms with van der Waals surface area (Å²) in [6, 6.07) is 0. The number of aryl methyl sites for hydroxylation is 2. The van der Waals surface area contributed by atoms with Crippen LogP contribution >= 0.6 is 0 Å². The van der Waals surface area contributed by atoms with Crippen LogP contribution in [0.25, 0.3) is 0 Å². The van der Waals surface area contributed by atoms with Gasteiger partial charge in [0.1, 0.15) is 5.41 Å². The second kappa shape index (κ2) is 3.87. The van der Waals surface area contributed by atoms with Gasteiger partial charge in [0.15, 0.2) is 0 Å². The molecule has 2 N–H and O–H groups in total. The van der Waals surface area contributed by atoms with Crippen molar-refractivity contribution in [3.05, 3.63) is 17.5 Å². The summed E-state index contributed by atoms with van der Waals surface area (Å²) in [7, 11) is 1.80. The molecule has 6 heteroatoms. The fourth-order valence-corrected chi connectivity index (χ4v) is 1.83. The van der Waals surface area contributed by atoms with E-state index in [1.165, 1.54) is 0 Å². The molecule has 0 bridgehead atoms. The summed E-state index contributed by atoms with van der Waals surface area (Å²) >= 11 is 0. The number of nitrogens with zero attached hydrogens (tertiary/aromatic N) is 2. The van der Waals surface area contributed by atoms with E-state index in [1.807, 2.05) is 13.1 Å². The number of aliphatic carboxylic acids is 1. The molecule has 1 saturated carbocycles. The summed E-state index contributed by atoms with van der Waals surface area (Å²) in [6.07, 6.45) is 2.68. The average Bonchev–Trinajstić information content (AvgIpc) is 2.98. The highest BCUT2D eigenvalue weighted by Gasteiger charge is 2.56. The number of carbonyl (C=O) groups is 2. The molecule has 1 heterocycles. The maximum Gasteiger partial charge on any atom is 0.319 e. The van der Waals surface area contributed by atoms with Crippen LogP contribution in [0.5, 0.6) is 0 Å². The van der Waals surface area contributed by atoms with Crippen LogP contribution in [0.15, 0.2) is 6.20 Å². The normalized spacial score (nSPS) is 16.6. The lowest BCUT2D eigenvalue weighted by Gasteiger charge is -2.10. The topological polar surface area (TPSA) is 84.2 Å². The van der Waals surface area contributed by atoms with Gasteiger partial charge in [-0.3, -0.25) is 14.3 Å². The summed E-state index contributed by atoms with van der Waals surface area (Å²) < 4.78 is 1.67. The highest BCUT2D eigenvalue weighted by atomic mass is 16.4. The van der Waals surface area contributed by atoms with Crippen LogP contribution in [0, 0.1) is 12.3 Å². The molecule has 0 radical (unpaired) electrons. The maximum absolute atomic E-state index is 11.7. The lowest BCUT2D eigenvalue weighted by molar-refractivity contribution is -0.149. The van der Waals surface area contributed by atoms with Crippen LogP contribution in [0.1, 0.15) is 24.1 Å². The molecule has 1 aliphatic carbocycles. The minimum Gasteiger partial charge on any atom is -0.480 e. The summed E-state index contributed by atoms with van der Waals surface area (Å²) in [6.45, 7) is 2.18. The third kappa shape index (κ3) is 2.02. The molecule has 1 fully saturated rings. The van der Waals surface area contributed by atoms with Crippen molar-refractivity contribution in [3.63, 3.8) is 0 Å². The zero-order valence-electron chi connectivity index (χ0n) is 9.86. The Morgan fingerprint density at radius 2 is 2.24 bits per heavy atom. The monoisotopic (exact) mass is 237 g/mol. The van der Waals surface area contributed by atoms with Crippen LogP contribution in [0.4, 0.5) is 0 Å². The number of aromatic nitrogens is 2. The molecular formula is C11H15N3O3. The second-order valence-electron chi connectivity index (χ2n) is 4.48. The summed E-state index contributed by atoms with van der Waals surface area (Å²) in [4.78, 5) is 22.7. The van der Waals surface area contributed by atoms with E-state index in [0.717, 1.165) is 11.3 Å². The predicted molar refractivity (Wildman–Crippen MR) is 59.1 cm³/mol. The van der Waals surface area contributed by atoms with Crippen LogP contribution in [0.3, 0.4) is 0 Å². The van der Waals surface area contributed by atoms with Crippen molar-refractivity contribution >= 4 is 11.9 Å². The number of nitrogens with one attached hydrogen (secondary N) is 1. The fourth-order valence-electron chi connectivity index (χ4n) is 1.83. The average molecular weight is 237 g/mol. The van der Waals surface area contributed by atoms with Gasteiger partial charge in [0, 0.05) is 25.4 Å². The van der Waals surface area contributed by atoms with E-state index in [9.17, 15) is 9.59 Å². The fraction of sp³-hybridized carbons (Fsp3) is 0.545. The summed E-state index contributed by atoms with van der Waals surface area (Å²) in [5.74, 6) is -1.42. The van der Waals surface area contributed by atoms with E-state index in [-0.39, 0.29) is 0 Å². The van der Waals surface area contributed by atoms with Crippen molar-refractivity contribution in [2.45, 2.75) is 26.3 Å². The van der Waals surface area contributed by atoms with Gasteiger partial charge in [0.2, 0.25) is 5.91 Å². The molecule has 0 atom stereocenters. The molecule has 0 saturated heterocycles. The first-order valence-electron chi connectivity index (χ1n) is 5.46. The number of hydrogen-bond donors (Lipinski definition) is 2. The Hall–Kier alpha value is -1.85. The van der Waals surface area contributed by atoms with Crippen LogP contribution in [-0.4, -0.2) is 26.8 Å². The molecule has 0 aromatic carbocycles. The van der Waals surface area contributed by atoms with Gasteiger partial charge >= 0.3 is 5.97 Å². The molecule has 0 aliphatic heterocycles. The Balaban J connectivity index is 1.97. The molecule has 1 aromatic rings. The quantitative estimate of drug-likeness (QED) is 0.733. The maximum atomic E-state index is 11.7. The van der Waals surface area contributed by atoms with Crippen molar-refractivity contribution in [1.29, 1.82) is 0 Å². The SMILES string of the molecule is Cc1nn(C)cc1CNC(=O)C1(C(=O)O)CC1. The zero-order valence-corrected chi connectivity index (χ0v) is 9.86. The highest BCUT2D eigenvalue weighted by Crippen LogP contribution is 2.46. The van der Waals surface area contributed by atoms with Gasteiger partial charge in [0.05, 0.1) is 5.69 Å². The molecule has 1 aliphatic rings. The molecular weight excluding hydrogens is 222 g/mol. The largest absolute Gasteiger partial charge is 0.480 e. The Morgan fingerprint density at radius 3 is 2.65 bits per heavy atom. The first-order valence-corrected chi connectivity index (χ1v) is 5.46. The molecule has 2 rings (SSSR count). The number of rotatable bonds is 4. The van der Waals surface area contributed by atoms with E-state index in [1.54, 1.807) is 11.7 Å². The van der Waals surface area contributed by atoms with Gasteiger partial charge in [-0.2, -0.15) is 5.10 Å². The van der Waals surface area contributed by atoms with E-state index in [0.29, 0.717) is 19.4 Å². The lowest BCUT2D eigenvalue weighted by atomic mass is 10.1. The Morgan fingerprint density at radius 1 is 1.59 bits per heavy atom. The van der Waals surface area contributed by atoms with Crippen LogP contribution < -0.4 is 5.32 Å². The minimum atomic E-state index is -1.17. The number of carboxylic acid groups (broad SMARTS) is 1. The Kier molecular flexibility index (Phi) is 2.65. The third-order valence-corrected chi connectivity index (χ3v) is 3.15. The summed E-state index contributed by atoms with van der Waals surface area (Å²) in [5, 5.41) is 15.8. The molecule has 0 unspecified atom stereocenters. The highest BCUT2D eigenvalue weighted by molar-refractivity contribution is 6.04. The molecule has 17 heavy (non-hydrogen) atoms. The van der Waals surface area contributed by atoms with Crippen molar-refractivity contribution < 1.29 is 14.7 Å². The zero-order chi connectivity index (χ0) is 12.6. The van der Waals surface area contributed by atoms with Crippen molar-refractivity contribution in [3.8, 4) is 0 Å². The van der Waals surface area contributed by atoms with E-state index in [4.69, 9.17) is 5.11 Å². The predicted octanol–water partition coefficient (Wildman–Crippen LogP) is 0.210. The van der Waals surface area contributed by atoms with Crippen molar-refractivity contribution in [2.24, 2.45) is 12.5 Å². The van der Waals surface area contributed by atoms with Crippen molar-refractivity contribution in [2.75, 3.05) is 0 Å². The number of carbonyl (C=O) groups excluding carboxylic acids is 1. The number of amides is 1.